The zero-order chi connectivity index (χ0) is 13.6. The van der Waals surface area contributed by atoms with Crippen LogP contribution in [0.15, 0.2) is 0 Å². The lowest BCUT2D eigenvalue weighted by Crippen LogP contribution is -2.47. The van der Waals surface area contributed by atoms with Crippen molar-refractivity contribution in [2.45, 2.75) is 19.8 Å². The van der Waals surface area contributed by atoms with Gasteiger partial charge in [0.2, 0.25) is 5.91 Å². The van der Waals surface area contributed by atoms with Gasteiger partial charge in [0.15, 0.2) is 9.84 Å². The van der Waals surface area contributed by atoms with Crippen molar-refractivity contribution in [1.82, 2.24) is 4.90 Å². The molecule has 1 N–H and O–H groups in total. The van der Waals surface area contributed by atoms with Crippen molar-refractivity contribution < 1.29 is 23.1 Å². The number of carbonyl (C=O) groups excluding carboxylic acids is 1. The fourth-order valence-corrected chi connectivity index (χ4v) is 5.61. The van der Waals surface area contributed by atoms with Crippen molar-refractivity contribution in [3.05, 3.63) is 0 Å². The number of hydrogen-bond acceptors (Lipinski definition) is 4. The van der Waals surface area contributed by atoms with E-state index in [2.05, 4.69) is 0 Å². The number of nitrogens with zero attached hydrogens (tertiary/aromatic N) is 1. The molecule has 2 heterocycles. The first-order valence-corrected chi connectivity index (χ1v) is 7.77. The van der Waals surface area contributed by atoms with Gasteiger partial charge in [-0.3, -0.25) is 9.59 Å². The zero-order valence-corrected chi connectivity index (χ0v) is 11.1. The summed E-state index contributed by atoms with van der Waals surface area (Å²) in [5.74, 6) is -2.22. The number of carboxylic acid groups (broad SMARTS) is 1. The number of aliphatic carboxylic acids is 1. The second-order valence-electron chi connectivity index (χ2n) is 5.31. The number of carbonyl (C=O) groups is 2. The summed E-state index contributed by atoms with van der Waals surface area (Å²) in [6, 6.07) is 0. The van der Waals surface area contributed by atoms with Crippen molar-refractivity contribution in [3.8, 4) is 0 Å². The van der Waals surface area contributed by atoms with Crippen molar-refractivity contribution in [3.63, 3.8) is 0 Å². The maximum atomic E-state index is 11.7. The molecule has 2 rings (SSSR count). The van der Waals surface area contributed by atoms with Crippen LogP contribution in [0.5, 0.6) is 0 Å². The Bertz CT molecular complexity index is 476. The standard InChI is InChI=1S/C11H17NO5S/c1-8(13)12-4-2-11(3-5-12)7-18(16,17)6-9(11)10(14)15/h9H,2-7H2,1H3,(H,14,15). The number of likely N-dealkylation sites (tertiary alicyclic amines) is 1. The molecule has 0 saturated carbocycles. The van der Waals surface area contributed by atoms with E-state index in [1.165, 1.54) is 6.92 Å². The molecular weight excluding hydrogens is 258 g/mol. The lowest BCUT2D eigenvalue weighted by atomic mass is 9.71. The van der Waals surface area contributed by atoms with Gasteiger partial charge in [0.1, 0.15) is 0 Å². The third-order valence-corrected chi connectivity index (χ3v) is 6.03. The average Bonchev–Trinajstić information content (AvgIpc) is 2.51. The molecule has 0 radical (unpaired) electrons. The summed E-state index contributed by atoms with van der Waals surface area (Å²) < 4.78 is 23.4. The first-order valence-electron chi connectivity index (χ1n) is 5.94. The molecule has 1 atom stereocenters. The minimum atomic E-state index is -3.27. The summed E-state index contributed by atoms with van der Waals surface area (Å²) in [4.78, 5) is 24.1. The Kier molecular flexibility index (Phi) is 3.12. The molecule has 2 saturated heterocycles. The Morgan fingerprint density at radius 3 is 2.28 bits per heavy atom. The summed E-state index contributed by atoms with van der Waals surface area (Å²) in [6.45, 7) is 2.38. The first-order chi connectivity index (χ1) is 8.26. The molecule has 0 aromatic carbocycles. The largest absolute Gasteiger partial charge is 0.481 e. The Morgan fingerprint density at radius 2 is 1.83 bits per heavy atom. The molecule has 0 aromatic heterocycles. The van der Waals surface area contributed by atoms with E-state index in [4.69, 9.17) is 0 Å². The average molecular weight is 275 g/mol. The summed E-state index contributed by atoms with van der Waals surface area (Å²) in [6.07, 6.45) is 0.922. The minimum Gasteiger partial charge on any atom is -0.481 e. The van der Waals surface area contributed by atoms with E-state index < -0.39 is 27.1 Å². The molecular formula is C11H17NO5S. The molecule has 0 bridgehead atoms. The van der Waals surface area contributed by atoms with E-state index in [0.717, 1.165) is 0 Å². The Balaban J connectivity index is 2.21. The molecule has 2 aliphatic heterocycles. The highest BCUT2D eigenvalue weighted by Gasteiger charge is 2.54. The minimum absolute atomic E-state index is 0.0439. The normalized spacial score (nSPS) is 29.4. The van der Waals surface area contributed by atoms with Gasteiger partial charge in [-0.05, 0) is 12.8 Å². The topological polar surface area (TPSA) is 91.8 Å². The maximum Gasteiger partial charge on any atom is 0.308 e. The SMILES string of the molecule is CC(=O)N1CCC2(CC1)CS(=O)(=O)CC2C(=O)O. The van der Waals surface area contributed by atoms with Crippen LogP contribution in [0.2, 0.25) is 0 Å². The van der Waals surface area contributed by atoms with Crippen LogP contribution < -0.4 is 0 Å². The van der Waals surface area contributed by atoms with Crippen LogP contribution in [0, 0.1) is 11.3 Å². The highest BCUT2D eigenvalue weighted by Crippen LogP contribution is 2.46. The fraction of sp³-hybridized carbons (Fsp3) is 0.818. The van der Waals surface area contributed by atoms with Crippen LogP contribution in [-0.4, -0.2) is 54.9 Å². The van der Waals surface area contributed by atoms with Gasteiger partial charge in [-0.15, -0.1) is 0 Å². The van der Waals surface area contributed by atoms with E-state index in [1.54, 1.807) is 4.90 Å². The lowest BCUT2D eigenvalue weighted by Gasteiger charge is -2.40. The van der Waals surface area contributed by atoms with Gasteiger partial charge in [0.05, 0.1) is 17.4 Å². The Morgan fingerprint density at radius 1 is 1.28 bits per heavy atom. The smallest absolute Gasteiger partial charge is 0.308 e. The maximum absolute atomic E-state index is 11.7. The summed E-state index contributed by atoms with van der Waals surface area (Å²) in [5, 5.41) is 9.19. The second-order valence-corrected chi connectivity index (χ2v) is 7.42. The highest BCUT2D eigenvalue weighted by atomic mass is 32.2. The van der Waals surface area contributed by atoms with Gasteiger partial charge in [0.25, 0.3) is 0 Å². The van der Waals surface area contributed by atoms with Crippen LogP contribution in [0.4, 0.5) is 0 Å². The molecule has 18 heavy (non-hydrogen) atoms. The molecule has 102 valence electrons. The number of hydrogen-bond donors (Lipinski definition) is 1. The van der Waals surface area contributed by atoms with Crippen LogP contribution in [0.3, 0.4) is 0 Å². The van der Waals surface area contributed by atoms with Gasteiger partial charge >= 0.3 is 5.97 Å². The second kappa shape index (κ2) is 4.22. The molecule has 0 aliphatic carbocycles. The molecule has 0 aromatic rings. The monoisotopic (exact) mass is 275 g/mol. The van der Waals surface area contributed by atoms with Crippen molar-refractivity contribution in [2.75, 3.05) is 24.6 Å². The fourth-order valence-electron chi connectivity index (χ4n) is 3.12. The van der Waals surface area contributed by atoms with E-state index in [1.807, 2.05) is 0 Å². The van der Waals surface area contributed by atoms with Crippen LogP contribution in [-0.2, 0) is 19.4 Å². The lowest BCUT2D eigenvalue weighted by molar-refractivity contribution is -0.146. The van der Waals surface area contributed by atoms with E-state index >= 15 is 0 Å². The van der Waals surface area contributed by atoms with E-state index in [-0.39, 0.29) is 17.4 Å². The number of rotatable bonds is 1. The van der Waals surface area contributed by atoms with Gasteiger partial charge in [-0.25, -0.2) is 8.42 Å². The van der Waals surface area contributed by atoms with Crippen LogP contribution in [0.25, 0.3) is 0 Å². The van der Waals surface area contributed by atoms with Crippen molar-refractivity contribution in [1.29, 1.82) is 0 Å². The molecule has 1 unspecified atom stereocenters. The van der Waals surface area contributed by atoms with Crippen LogP contribution >= 0.6 is 0 Å². The van der Waals surface area contributed by atoms with Gasteiger partial charge in [0, 0.05) is 25.4 Å². The molecule has 2 aliphatic rings. The molecule has 7 heteroatoms. The van der Waals surface area contributed by atoms with Crippen LogP contribution in [0.1, 0.15) is 19.8 Å². The third-order valence-electron chi connectivity index (χ3n) is 4.17. The quantitative estimate of drug-likeness (QED) is 0.712. The highest BCUT2D eigenvalue weighted by molar-refractivity contribution is 7.91. The molecule has 6 nitrogen and oxygen atoms in total. The molecule has 1 spiro atoms. The molecule has 2 fully saturated rings. The van der Waals surface area contributed by atoms with Crippen molar-refractivity contribution in [2.24, 2.45) is 11.3 Å². The summed E-state index contributed by atoms with van der Waals surface area (Å²) in [7, 11) is -3.27. The summed E-state index contributed by atoms with van der Waals surface area (Å²) in [5.41, 5.74) is -0.670. The van der Waals surface area contributed by atoms with E-state index in [9.17, 15) is 23.1 Å². The first kappa shape index (κ1) is 13.3. The third kappa shape index (κ3) is 2.23. The number of carboxylic acids is 1. The molecule has 1 amide bonds. The summed E-state index contributed by atoms with van der Waals surface area (Å²) >= 11 is 0. The van der Waals surface area contributed by atoms with Gasteiger partial charge in [-0.1, -0.05) is 0 Å². The van der Waals surface area contributed by atoms with E-state index in [0.29, 0.717) is 25.9 Å². The van der Waals surface area contributed by atoms with Gasteiger partial charge < -0.3 is 10.0 Å². The van der Waals surface area contributed by atoms with Crippen molar-refractivity contribution >= 4 is 21.7 Å². The number of piperidine rings is 1. The Hall–Kier alpha value is -1.11. The Labute approximate surface area is 106 Å². The van der Waals surface area contributed by atoms with Gasteiger partial charge in [-0.2, -0.15) is 0 Å². The number of sulfone groups is 1. The predicted molar refractivity (Wildman–Crippen MR) is 63.7 cm³/mol. The zero-order valence-electron chi connectivity index (χ0n) is 10.3. The predicted octanol–water partition coefficient (Wildman–Crippen LogP) is -0.256. The number of amides is 1.